The van der Waals surface area contributed by atoms with Crippen LogP contribution in [0.5, 0.6) is 0 Å². The van der Waals surface area contributed by atoms with Crippen LogP contribution in [0.4, 0.5) is 22.2 Å². The molecule has 0 unspecified atom stereocenters. The predicted octanol–water partition coefficient (Wildman–Crippen LogP) is 3.46. The molecule has 2 heterocycles. The van der Waals surface area contributed by atoms with Gasteiger partial charge in [-0.25, -0.2) is 9.78 Å². The minimum atomic E-state index is -0.256. The Labute approximate surface area is 157 Å². The molecule has 0 radical (unpaired) electrons. The van der Waals surface area contributed by atoms with Crippen molar-refractivity contribution < 1.29 is 9.53 Å². The number of carbonyl (C=O) groups excluding carboxylic acids is 1. The van der Waals surface area contributed by atoms with Gasteiger partial charge < -0.3 is 19.9 Å². The summed E-state index contributed by atoms with van der Waals surface area (Å²) in [5.74, 6) is 1.33. The smallest absolute Gasteiger partial charge is 0.409 e. The number of piperazine rings is 1. The number of nitrogens with one attached hydrogen (secondary N) is 1. The largest absolute Gasteiger partial charge is 0.450 e. The van der Waals surface area contributed by atoms with E-state index in [1.165, 1.54) is 0 Å². The number of aromatic nitrogens is 2. The fraction of sp³-hybridized carbons (Fsp3) is 0.389. The topological polar surface area (TPSA) is 70.6 Å². The predicted molar refractivity (Wildman–Crippen MR) is 102 cm³/mol. The molecule has 26 heavy (non-hydrogen) atoms. The lowest BCUT2D eigenvalue weighted by atomic mass is 10.2. The monoisotopic (exact) mass is 375 g/mol. The minimum absolute atomic E-state index is 0.256. The van der Waals surface area contributed by atoms with Crippen molar-refractivity contribution in [1.82, 2.24) is 14.9 Å². The maximum atomic E-state index is 11.8. The van der Waals surface area contributed by atoms with Crippen molar-refractivity contribution in [3.05, 3.63) is 41.0 Å². The third-order valence-electron chi connectivity index (χ3n) is 4.20. The minimum Gasteiger partial charge on any atom is -0.450 e. The molecule has 1 aromatic heterocycles. The van der Waals surface area contributed by atoms with Gasteiger partial charge in [-0.05, 0) is 37.6 Å². The van der Waals surface area contributed by atoms with Crippen molar-refractivity contribution in [1.29, 1.82) is 0 Å². The molecule has 1 aliphatic rings. The highest BCUT2D eigenvalue weighted by molar-refractivity contribution is 6.31. The number of aryl methyl sites for hydroxylation is 1. The molecule has 2 aromatic rings. The Bertz CT molecular complexity index is 778. The Morgan fingerprint density at radius 1 is 1.27 bits per heavy atom. The van der Waals surface area contributed by atoms with Gasteiger partial charge in [0.2, 0.25) is 5.95 Å². The van der Waals surface area contributed by atoms with Crippen molar-refractivity contribution >= 4 is 35.1 Å². The van der Waals surface area contributed by atoms with Gasteiger partial charge in [-0.15, -0.1) is 0 Å². The van der Waals surface area contributed by atoms with Crippen molar-refractivity contribution in [3.63, 3.8) is 0 Å². The van der Waals surface area contributed by atoms with Gasteiger partial charge in [0, 0.05) is 43.1 Å². The van der Waals surface area contributed by atoms with Gasteiger partial charge in [0.1, 0.15) is 5.82 Å². The molecule has 0 atom stereocenters. The first kappa shape index (κ1) is 18.3. The van der Waals surface area contributed by atoms with Gasteiger partial charge in [-0.1, -0.05) is 17.7 Å². The third-order valence-corrected chi connectivity index (χ3v) is 4.61. The van der Waals surface area contributed by atoms with Crippen molar-refractivity contribution in [2.75, 3.05) is 43.0 Å². The summed E-state index contributed by atoms with van der Waals surface area (Å²) in [4.78, 5) is 24.5. The molecule has 0 bridgehead atoms. The number of halogens is 1. The van der Waals surface area contributed by atoms with Gasteiger partial charge in [-0.3, -0.25) is 0 Å². The zero-order valence-corrected chi connectivity index (χ0v) is 15.7. The molecule has 8 heteroatoms. The van der Waals surface area contributed by atoms with Crippen LogP contribution in [0.2, 0.25) is 5.02 Å². The standard InChI is InChI=1S/C18H22ClN5O2/c1-3-26-18(25)24-10-8-23(9-11-24)16-6-7-20-17(22-16)21-14-5-4-13(2)15(19)12-14/h4-7,12H,3,8-11H2,1-2H3,(H,20,21,22). The van der Waals surface area contributed by atoms with E-state index in [-0.39, 0.29) is 6.09 Å². The highest BCUT2D eigenvalue weighted by atomic mass is 35.5. The van der Waals surface area contributed by atoms with Gasteiger partial charge in [0.25, 0.3) is 0 Å². The van der Waals surface area contributed by atoms with Crippen molar-refractivity contribution in [2.24, 2.45) is 0 Å². The van der Waals surface area contributed by atoms with E-state index < -0.39 is 0 Å². The first-order chi connectivity index (χ1) is 12.6. The highest BCUT2D eigenvalue weighted by Gasteiger charge is 2.22. The maximum absolute atomic E-state index is 11.8. The number of benzene rings is 1. The number of anilines is 3. The lowest BCUT2D eigenvalue weighted by Crippen LogP contribution is -2.49. The Kier molecular flexibility index (Phi) is 5.78. The fourth-order valence-electron chi connectivity index (χ4n) is 2.72. The first-order valence-electron chi connectivity index (χ1n) is 8.59. The molecule has 0 spiro atoms. The third kappa shape index (κ3) is 4.35. The molecular formula is C18H22ClN5O2. The number of amides is 1. The molecule has 1 saturated heterocycles. The van der Waals surface area contributed by atoms with Crippen LogP contribution in [0, 0.1) is 6.92 Å². The van der Waals surface area contributed by atoms with E-state index >= 15 is 0 Å². The molecule has 1 fully saturated rings. The van der Waals surface area contributed by atoms with Gasteiger partial charge in [-0.2, -0.15) is 4.98 Å². The summed E-state index contributed by atoms with van der Waals surface area (Å²) < 4.78 is 5.05. The fourth-order valence-corrected chi connectivity index (χ4v) is 2.90. The SMILES string of the molecule is CCOC(=O)N1CCN(c2ccnc(Nc3ccc(C)c(Cl)c3)n2)CC1. The van der Waals surface area contributed by atoms with Crippen LogP contribution in [0.1, 0.15) is 12.5 Å². The molecular weight excluding hydrogens is 354 g/mol. The van der Waals surface area contributed by atoms with Crippen LogP contribution in [0.15, 0.2) is 30.5 Å². The summed E-state index contributed by atoms with van der Waals surface area (Å²) in [6.07, 6.45) is 1.46. The number of rotatable bonds is 4. The summed E-state index contributed by atoms with van der Waals surface area (Å²) in [7, 11) is 0. The van der Waals surface area contributed by atoms with Crippen molar-refractivity contribution in [3.8, 4) is 0 Å². The Hall–Kier alpha value is -2.54. The second-order valence-corrected chi connectivity index (χ2v) is 6.41. The molecule has 0 aliphatic carbocycles. The Morgan fingerprint density at radius 2 is 2.04 bits per heavy atom. The molecule has 1 N–H and O–H groups in total. The lowest BCUT2D eigenvalue weighted by Gasteiger charge is -2.34. The molecule has 1 aromatic carbocycles. The van der Waals surface area contributed by atoms with Gasteiger partial charge >= 0.3 is 6.09 Å². The summed E-state index contributed by atoms with van der Waals surface area (Å²) in [5.41, 5.74) is 1.86. The normalized spacial score (nSPS) is 14.3. The first-order valence-corrected chi connectivity index (χ1v) is 8.97. The molecule has 1 aliphatic heterocycles. The molecule has 0 saturated carbocycles. The van der Waals surface area contributed by atoms with E-state index in [0.717, 1.165) is 17.1 Å². The number of ether oxygens (including phenoxy) is 1. The van der Waals surface area contributed by atoms with Crippen LogP contribution in [0.3, 0.4) is 0 Å². The lowest BCUT2D eigenvalue weighted by molar-refractivity contribution is 0.105. The quantitative estimate of drug-likeness (QED) is 0.882. The molecule has 7 nitrogen and oxygen atoms in total. The van der Waals surface area contributed by atoms with Crippen LogP contribution in [0.25, 0.3) is 0 Å². The van der Waals surface area contributed by atoms with E-state index in [1.54, 1.807) is 11.1 Å². The zero-order valence-electron chi connectivity index (χ0n) is 14.9. The van der Waals surface area contributed by atoms with E-state index in [1.807, 2.05) is 38.1 Å². The summed E-state index contributed by atoms with van der Waals surface area (Å²) in [5, 5.41) is 3.87. The number of nitrogens with zero attached hydrogens (tertiary/aromatic N) is 4. The number of carbonyl (C=O) groups is 1. The Morgan fingerprint density at radius 3 is 2.73 bits per heavy atom. The van der Waals surface area contributed by atoms with Crippen LogP contribution in [-0.4, -0.2) is 53.7 Å². The Balaban J connectivity index is 1.64. The number of hydrogen-bond donors (Lipinski definition) is 1. The van der Waals surface area contributed by atoms with Crippen LogP contribution in [-0.2, 0) is 4.74 Å². The summed E-state index contributed by atoms with van der Waals surface area (Å²) >= 11 is 6.16. The van der Waals surface area contributed by atoms with E-state index in [4.69, 9.17) is 16.3 Å². The van der Waals surface area contributed by atoms with E-state index in [0.29, 0.717) is 43.8 Å². The van der Waals surface area contributed by atoms with E-state index in [9.17, 15) is 4.79 Å². The highest BCUT2D eigenvalue weighted by Crippen LogP contribution is 2.23. The van der Waals surface area contributed by atoms with Crippen LogP contribution < -0.4 is 10.2 Å². The summed E-state index contributed by atoms with van der Waals surface area (Å²) in [6.45, 7) is 6.78. The van der Waals surface area contributed by atoms with Crippen molar-refractivity contribution in [2.45, 2.75) is 13.8 Å². The summed E-state index contributed by atoms with van der Waals surface area (Å²) in [6, 6.07) is 7.61. The molecule has 1 amide bonds. The average molecular weight is 376 g/mol. The van der Waals surface area contributed by atoms with Gasteiger partial charge in [0.05, 0.1) is 6.61 Å². The van der Waals surface area contributed by atoms with Gasteiger partial charge in [0.15, 0.2) is 0 Å². The number of hydrogen-bond acceptors (Lipinski definition) is 6. The average Bonchev–Trinajstić information content (AvgIpc) is 2.65. The second-order valence-electron chi connectivity index (χ2n) is 6.00. The zero-order chi connectivity index (χ0) is 18.5. The van der Waals surface area contributed by atoms with E-state index in [2.05, 4.69) is 20.2 Å². The second kappa shape index (κ2) is 8.23. The molecule has 138 valence electrons. The molecule has 3 rings (SSSR count). The van der Waals surface area contributed by atoms with Crippen LogP contribution >= 0.6 is 11.6 Å². The maximum Gasteiger partial charge on any atom is 0.409 e.